The molecule has 1 aliphatic heterocycles. The number of hydrogen-bond acceptors (Lipinski definition) is 4. The average Bonchev–Trinajstić information content (AvgIpc) is 2.98. The van der Waals surface area contributed by atoms with Gasteiger partial charge < -0.3 is 4.90 Å². The van der Waals surface area contributed by atoms with Crippen molar-refractivity contribution in [2.75, 3.05) is 18.0 Å². The molecular weight excluding hydrogens is 226 g/mol. The second kappa shape index (κ2) is 4.23. The zero-order valence-electron chi connectivity index (χ0n) is 11.3. The van der Waals surface area contributed by atoms with E-state index < -0.39 is 0 Å². The van der Waals surface area contributed by atoms with Crippen LogP contribution in [-0.4, -0.2) is 32.8 Å². The second-order valence-electron chi connectivity index (χ2n) is 4.92. The summed E-state index contributed by atoms with van der Waals surface area (Å²) in [5.74, 6) is 1.98. The Labute approximate surface area is 107 Å². The maximum Gasteiger partial charge on any atom is 0.158 e. The minimum atomic E-state index is 0.866. The van der Waals surface area contributed by atoms with E-state index in [1.807, 2.05) is 18.7 Å². The quantitative estimate of drug-likeness (QED) is 0.810. The number of rotatable bonds is 2. The third-order valence-corrected chi connectivity index (χ3v) is 3.60. The summed E-state index contributed by atoms with van der Waals surface area (Å²) in [5.41, 5.74) is 3.07. The lowest BCUT2D eigenvalue weighted by Crippen LogP contribution is -2.21. The Bertz CT molecular complexity index is 581. The highest BCUT2D eigenvalue weighted by atomic mass is 15.3. The van der Waals surface area contributed by atoms with Crippen LogP contribution in [0, 0.1) is 6.92 Å². The molecule has 0 aliphatic carbocycles. The molecule has 2 aromatic rings. The third-order valence-electron chi connectivity index (χ3n) is 3.60. The summed E-state index contributed by atoms with van der Waals surface area (Å²) >= 11 is 0. The number of aryl methyl sites for hydroxylation is 3. The molecule has 1 fully saturated rings. The molecule has 0 spiro atoms. The lowest BCUT2D eigenvalue weighted by Gasteiger charge is -2.18. The number of fused-ring (bicyclic) bond motifs is 1. The summed E-state index contributed by atoms with van der Waals surface area (Å²) in [5, 5.41) is 4.49. The predicted octanol–water partition coefficient (Wildman–Crippen LogP) is 1.83. The Hall–Kier alpha value is -1.65. The Morgan fingerprint density at radius 3 is 2.56 bits per heavy atom. The Morgan fingerprint density at radius 1 is 1.17 bits per heavy atom. The van der Waals surface area contributed by atoms with Crippen molar-refractivity contribution in [2.24, 2.45) is 7.05 Å². The zero-order valence-corrected chi connectivity index (χ0v) is 11.3. The van der Waals surface area contributed by atoms with Crippen LogP contribution in [0.5, 0.6) is 0 Å². The van der Waals surface area contributed by atoms with E-state index in [1.54, 1.807) is 0 Å². The molecule has 0 amide bonds. The van der Waals surface area contributed by atoms with E-state index in [2.05, 4.69) is 21.9 Å². The molecule has 0 radical (unpaired) electrons. The number of nitrogens with zero attached hydrogens (tertiary/aromatic N) is 5. The average molecular weight is 245 g/mol. The van der Waals surface area contributed by atoms with Gasteiger partial charge in [0.05, 0.1) is 5.69 Å². The van der Waals surface area contributed by atoms with E-state index in [0.717, 1.165) is 47.9 Å². The summed E-state index contributed by atoms with van der Waals surface area (Å²) in [4.78, 5) is 11.7. The van der Waals surface area contributed by atoms with Gasteiger partial charge in [0.15, 0.2) is 5.82 Å². The van der Waals surface area contributed by atoms with Crippen LogP contribution in [0.25, 0.3) is 11.0 Å². The molecule has 2 aromatic heterocycles. The highest BCUT2D eigenvalue weighted by Gasteiger charge is 2.21. The summed E-state index contributed by atoms with van der Waals surface area (Å²) in [6, 6.07) is 0. The fourth-order valence-corrected chi connectivity index (χ4v) is 2.67. The molecule has 0 saturated carbocycles. The normalized spacial score (nSPS) is 15.8. The molecule has 5 heteroatoms. The van der Waals surface area contributed by atoms with Crippen molar-refractivity contribution >= 4 is 16.9 Å². The van der Waals surface area contributed by atoms with Gasteiger partial charge in [0.2, 0.25) is 0 Å². The largest absolute Gasteiger partial charge is 0.355 e. The van der Waals surface area contributed by atoms with Gasteiger partial charge in [-0.2, -0.15) is 5.10 Å². The van der Waals surface area contributed by atoms with E-state index in [9.17, 15) is 0 Å². The summed E-state index contributed by atoms with van der Waals surface area (Å²) in [6.07, 6.45) is 3.37. The lowest BCUT2D eigenvalue weighted by molar-refractivity contribution is 0.777. The number of anilines is 1. The fraction of sp³-hybridized carbons (Fsp3) is 0.615. The molecule has 3 rings (SSSR count). The highest BCUT2D eigenvalue weighted by Crippen LogP contribution is 2.28. The van der Waals surface area contributed by atoms with E-state index in [1.165, 1.54) is 12.8 Å². The molecule has 0 bridgehead atoms. The van der Waals surface area contributed by atoms with Gasteiger partial charge in [0.25, 0.3) is 0 Å². The van der Waals surface area contributed by atoms with Gasteiger partial charge in [-0.1, -0.05) is 6.92 Å². The minimum Gasteiger partial charge on any atom is -0.355 e. The topological polar surface area (TPSA) is 46.8 Å². The van der Waals surface area contributed by atoms with Crippen LogP contribution < -0.4 is 4.90 Å². The Morgan fingerprint density at radius 2 is 1.89 bits per heavy atom. The van der Waals surface area contributed by atoms with Gasteiger partial charge in [0.1, 0.15) is 16.9 Å². The van der Waals surface area contributed by atoms with Crippen molar-refractivity contribution in [3.8, 4) is 0 Å². The van der Waals surface area contributed by atoms with E-state index in [-0.39, 0.29) is 0 Å². The molecule has 1 aliphatic rings. The Balaban J connectivity index is 2.26. The first-order valence-electron chi connectivity index (χ1n) is 6.66. The molecule has 1 saturated heterocycles. The first-order valence-corrected chi connectivity index (χ1v) is 6.66. The molecule has 96 valence electrons. The van der Waals surface area contributed by atoms with Crippen molar-refractivity contribution in [1.29, 1.82) is 0 Å². The van der Waals surface area contributed by atoms with Gasteiger partial charge in [-0.25, -0.2) is 9.97 Å². The van der Waals surface area contributed by atoms with Crippen molar-refractivity contribution < 1.29 is 0 Å². The molecule has 0 N–H and O–H groups in total. The first-order chi connectivity index (χ1) is 8.70. The van der Waals surface area contributed by atoms with Gasteiger partial charge in [-0.05, 0) is 19.8 Å². The van der Waals surface area contributed by atoms with Crippen molar-refractivity contribution in [2.45, 2.75) is 33.1 Å². The standard InChI is InChI=1S/C13H19N5/c1-4-10-14-11-9(2)16-17(3)12(11)13(15-10)18-7-5-6-8-18/h4-8H2,1-3H3. The first kappa shape index (κ1) is 11.4. The maximum atomic E-state index is 4.73. The number of aromatic nitrogens is 4. The predicted molar refractivity (Wildman–Crippen MR) is 71.9 cm³/mol. The molecule has 3 heterocycles. The van der Waals surface area contributed by atoms with E-state index in [0.29, 0.717) is 0 Å². The molecule has 18 heavy (non-hydrogen) atoms. The SMILES string of the molecule is CCc1nc(N2CCCC2)c2c(n1)c(C)nn2C. The number of hydrogen-bond donors (Lipinski definition) is 0. The zero-order chi connectivity index (χ0) is 12.7. The van der Waals surface area contributed by atoms with Crippen molar-refractivity contribution in [3.05, 3.63) is 11.5 Å². The molecular formula is C13H19N5. The van der Waals surface area contributed by atoms with Gasteiger partial charge in [-0.3, -0.25) is 4.68 Å². The minimum absolute atomic E-state index is 0.866. The molecule has 0 atom stereocenters. The van der Waals surface area contributed by atoms with E-state index in [4.69, 9.17) is 4.98 Å². The summed E-state index contributed by atoms with van der Waals surface area (Å²) in [6.45, 7) is 6.31. The molecule has 5 nitrogen and oxygen atoms in total. The second-order valence-corrected chi connectivity index (χ2v) is 4.92. The lowest BCUT2D eigenvalue weighted by atomic mass is 10.3. The monoisotopic (exact) mass is 245 g/mol. The summed E-state index contributed by atoms with van der Waals surface area (Å²) < 4.78 is 1.91. The summed E-state index contributed by atoms with van der Waals surface area (Å²) in [7, 11) is 1.98. The van der Waals surface area contributed by atoms with Crippen LogP contribution >= 0.6 is 0 Å². The molecule has 0 unspecified atom stereocenters. The fourth-order valence-electron chi connectivity index (χ4n) is 2.67. The van der Waals surface area contributed by atoms with Crippen LogP contribution in [-0.2, 0) is 13.5 Å². The van der Waals surface area contributed by atoms with Crippen LogP contribution in [0.15, 0.2) is 0 Å². The van der Waals surface area contributed by atoms with Gasteiger partial charge >= 0.3 is 0 Å². The van der Waals surface area contributed by atoms with Gasteiger partial charge in [0, 0.05) is 26.6 Å². The van der Waals surface area contributed by atoms with Crippen LogP contribution in [0.1, 0.15) is 31.3 Å². The smallest absolute Gasteiger partial charge is 0.158 e. The van der Waals surface area contributed by atoms with Gasteiger partial charge in [-0.15, -0.1) is 0 Å². The van der Waals surface area contributed by atoms with Crippen LogP contribution in [0.3, 0.4) is 0 Å². The van der Waals surface area contributed by atoms with Crippen LogP contribution in [0.4, 0.5) is 5.82 Å². The van der Waals surface area contributed by atoms with Crippen molar-refractivity contribution in [3.63, 3.8) is 0 Å². The van der Waals surface area contributed by atoms with Crippen LogP contribution in [0.2, 0.25) is 0 Å². The highest BCUT2D eigenvalue weighted by molar-refractivity contribution is 5.88. The Kier molecular flexibility index (Phi) is 2.69. The third kappa shape index (κ3) is 1.65. The van der Waals surface area contributed by atoms with Crippen molar-refractivity contribution in [1.82, 2.24) is 19.7 Å². The molecule has 0 aromatic carbocycles. The van der Waals surface area contributed by atoms with E-state index >= 15 is 0 Å². The maximum absolute atomic E-state index is 4.73.